The second-order valence-corrected chi connectivity index (χ2v) is 10.8. The van der Waals surface area contributed by atoms with Crippen LogP contribution in [-0.4, -0.2) is 26.0 Å². The summed E-state index contributed by atoms with van der Waals surface area (Å²) < 4.78 is 35.9. The van der Waals surface area contributed by atoms with Crippen LogP contribution in [-0.2, 0) is 23.5 Å². The van der Waals surface area contributed by atoms with Crippen LogP contribution in [0.2, 0.25) is 0 Å². The first-order valence-corrected chi connectivity index (χ1v) is 13.5. The van der Waals surface area contributed by atoms with E-state index in [2.05, 4.69) is 34.8 Å². The number of amides is 1. The molecular weight excluding hydrogens is 482 g/mol. The maximum absolute atomic E-state index is 12.8. The van der Waals surface area contributed by atoms with E-state index >= 15 is 0 Å². The number of anilines is 1. The van der Waals surface area contributed by atoms with Gasteiger partial charge in [-0.3, -0.25) is 9.52 Å². The van der Waals surface area contributed by atoms with Crippen LogP contribution >= 0.6 is 11.3 Å². The molecular formula is C26H27N3O4S2. The summed E-state index contributed by atoms with van der Waals surface area (Å²) >= 11 is 1.48. The number of ether oxygens (including phenoxy) is 1. The van der Waals surface area contributed by atoms with Crippen molar-refractivity contribution in [2.75, 3.05) is 11.8 Å². The van der Waals surface area contributed by atoms with Gasteiger partial charge in [-0.1, -0.05) is 30.7 Å². The van der Waals surface area contributed by atoms with Gasteiger partial charge in [0.1, 0.15) is 5.75 Å². The highest BCUT2D eigenvalue weighted by Gasteiger charge is 2.15. The summed E-state index contributed by atoms with van der Waals surface area (Å²) in [5, 5.41) is 0. The summed E-state index contributed by atoms with van der Waals surface area (Å²) in [7, 11) is -0.353. The van der Waals surface area contributed by atoms with Gasteiger partial charge in [0.05, 0.1) is 22.2 Å². The average Bonchev–Trinajstić information content (AvgIpc) is 3.17. The summed E-state index contributed by atoms with van der Waals surface area (Å²) in [4.78, 5) is 17.9. The predicted octanol–water partition coefficient (Wildman–Crippen LogP) is 5.13. The molecule has 1 aromatic heterocycles. The summed E-state index contributed by atoms with van der Waals surface area (Å²) in [5.74, 6) is 0.183. The van der Waals surface area contributed by atoms with Gasteiger partial charge in [0, 0.05) is 18.3 Å². The Hall–Kier alpha value is -3.43. The largest absolute Gasteiger partial charge is 0.497 e. The number of rotatable bonds is 8. The number of hydrogen-bond donors (Lipinski definition) is 1. The van der Waals surface area contributed by atoms with Crippen molar-refractivity contribution in [3.8, 4) is 5.75 Å². The minimum absolute atomic E-state index is 0.114. The number of benzene rings is 3. The zero-order valence-electron chi connectivity index (χ0n) is 19.8. The van der Waals surface area contributed by atoms with Crippen molar-refractivity contribution in [2.24, 2.45) is 12.0 Å². The number of sulfonamides is 1. The molecule has 7 nitrogen and oxygen atoms in total. The Labute approximate surface area is 208 Å². The summed E-state index contributed by atoms with van der Waals surface area (Å²) in [5.41, 5.74) is 3.04. The number of nitrogens with zero attached hydrogens (tertiary/aromatic N) is 2. The van der Waals surface area contributed by atoms with Crippen LogP contribution in [0, 0.1) is 0 Å². The van der Waals surface area contributed by atoms with Crippen LogP contribution < -0.4 is 14.3 Å². The molecule has 35 heavy (non-hydrogen) atoms. The van der Waals surface area contributed by atoms with Crippen molar-refractivity contribution < 1.29 is 17.9 Å². The number of aryl methyl sites for hydroxylation is 2. The number of aromatic nitrogens is 1. The summed E-state index contributed by atoms with van der Waals surface area (Å²) in [6.07, 6.45) is 3.33. The predicted molar refractivity (Wildman–Crippen MR) is 140 cm³/mol. The van der Waals surface area contributed by atoms with Crippen LogP contribution in [0.4, 0.5) is 5.69 Å². The maximum atomic E-state index is 12.8. The highest BCUT2D eigenvalue weighted by atomic mass is 32.2. The lowest BCUT2D eigenvalue weighted by Crippen LogP contribution is -2.14. The number of fused-ring (bicyclic) bond motifs is 1. The van der Waals surface area contributed by atoms with Gasteiger partial charge in [-0.05, 0) is 79.1 Å². The normalized spacial score (nSPS) is 12.1. The zero-order chi connectivity index (χ0) is 25.0. The molecule has 1 N–H and O–H groups in total. The molecule has 0 aliphatic rings. The van der Waals surface area contributed by atoms with Crippen molar-refractivity contribution in [1.29, 1.82) is 0 Å². The highest BCUT2D eigenvalue weighted by Crippen LogP contribution is 2.21. The van der Waals surface area contributed by atoms with E-state index < -0.39 is 10.0 Å². The van der Waals surface area contributed by atoms with Crippen molar-refractivity contribution in [2.45, 2.75) is 31.1 Å². The molecule has 0 saturated heterocycles. The fourth-order valence-electron chi connectivity index (χ4n) is 3.62. The van der Waals surface area contributed by atoms with Crippen LogP contribution in [0.5, 0.6) is 5.75 Å². The number of methoxy groups -OCH3 is 1. The van der Waals surface area contributed by atoms with Gasteiger partial charge in [-0.2, -0.15) is 4.99 Å². The quantitative estimate of drug-likeness (QED) is 0.356. The second kappa shape index (κ2) is 10.5. The Bertz CT molecular complexity index is 1520. The first-order valence-electron chi connectivity index (χ1n) is 11.2. The first kappa shape index (κ1) is 24.7. The Balaban J connectivity index is 1.52. The fourth-order valence-corrected chi connectivity index (χ4v) is 5.76. The van der Waals surface area contributed by atoms with E-state index in [4.69, 9.17) is 4.74 Å². The summed E-state index contributed by atoms with van der Waals surface area (Å²) in [6, 6.07) is 18.7. The molecule has 4 aromatic rings. The number of carbonyl (C=O) groups is 1. The van der Waals surface area contributed by atoms with Crippen molar-refractivity contribution in [3.05, 3.63) is 82.7 Å². The third-order valence-electron chi connectivity index (χ3n) is 5.64. The number of hydrogen-bond acceptors (Lipinski definition) is 5. The first-order chi connectivity index (χ1) is 16.8. The average molecular weight is 510 g/mol. The van der Waals surface area contributed by atoms with Gasteiger partial charge >= 0.3 is 0 Å². The Morgan fingerprint density at radius 2 is 1.77 bits per heavy atom. The molecule has 9 heteroatoms. The van der Waals surface area contributed by atoms with Crippen molar-refractivity contribution >= 4 is 43.2 Å². The molecule has 0 atom stereocenters. The standard InChI is InChI=1S/C26H27N3O4S2/c1-4-5-6-18-7-16-23-24(17-18)34-26(29(23)2)27-25(30)19-8-10-20(11-9-19)28-35(31,32)22-14-12-21(33-3)13-15-22/h7-17,28H,4-6H2,1-3H3. The zero-order valence-corrected chi connectivity index (χ0v) is 21.4. The van der Waals surface area contributed by atoms with Gasteiger partial charge in [-0.15, -0.1) is 0 Å². The van der Waals surface area contributed by atoms with Crippen LogP contribution in [0.3, 0.4) is 0 Å². The molecule has 0 radical (unpaired) electrons. The van der Waals surface area contributed by atoms with Gasteiger partial charge in [0.2, 0.25) is 0 Å². The monoisotopic (exact) mass is 509 g/mol. The molecule has 0 unspecified atom stereocenters. The molecule has 0 aliphatic heterocycles. The smallest absolute Gasteiger partial charge is 0.279 e. The molecule has 4 rings (SSSR count). The fraction of sp³-hybridized carbons (Fsp3) is 0.231. The van der Waals surface area contributed by atoms with E-state index in [0.717, 1.165) is 29.5 Å². The number of thiazole rings is 1. The minimum atomic E-state index is -3.77. The minimum Gasteiger partial charge on any atom is -0.497 e. The molecule has 3 aromatic carbocycles. The second-order valence-electron chi connectivity index (χ2n) is 8.12. The van der Waals surface area contributed by atoms with Crippen LogP contribution in [0.15, 0.2) is 76.6 Å². The lowest BCUT2D eigenvalue weighted by molar-refractivity contribution is 0.0998. The SMILES string of the molecule is CCCCc1ccc2c(c1)sc(=NC(=O)c1ccc(NS(=O)(=O)c3ccc(OC)cc3)cc1)n2C. The van der Waals surface area contributed by atoms with Crippen LogP contribution in [0.1, 0.15) is 35.7 Å². The summed E-state index contributed by atoms with van der Waals surface area (Å²) in [6.45, 7) is 2.18. The van der Waals surface area contributed by atoms with Gasteiger partial charge < -0.3 is 9.30 Å². The third kappa shape index (κ3) is 5.63. The molecule has 1 amide bonds. The lowest BCUT2D eigenvalue weighted by Gasteiger charge is -2.09. The van der Waals surface area contributed by atoms with E-state index in [0.29, 0.717) is 21.8 Å². The number of unbranched alkanes of at least 4 members (excludes halogenated alkanes) is 1. The van der Waals surface area contributed by atoms with Gasteiger partial charge in [0.15, 0.2) is 4.80 Å². The van der Waals surface area contributed by atoms with Crippen LogP contribution in [0.25, 0.3) is 10.2 Å². The maximum Gasteiger partial charge on any atom is 0.279 e. The molecule has 0 spiro atoms. The number of nitrogens with one attached hydrogen (secondary N) is 1. The topological polar surface area (TPSA) is 89.8 Å². The van der Waals surface area contributed by atoms with E-state index in [1.54, 1.807) is 36.4 Å². The highest BCUT2D eigenvalue weighted by molar-refractivity contribution is 7.92. The molecule has 0 bridgehead atoms. The van der Waals surface area contributed by atoms with Gasteiger partial charge in [-0.25, -0.2) is 8.42 Å². The van der Waals surface area contributed by atoms with Gasteiger partial charge in [0.25, 0.3) is 15.9 Å². The molecule has 1 heterocycles. The van der Waals surface area contributed by atoms with E-state index in [9.17, 15) is 13.2 Å². The van der Waals surface area contributed by atoms with E-state index in [-0.39, 0.29) is 10.8 Å². The van der Waals surface area contributed by atoms with E-state index in [1.807, 2.05) is 11.6 Å². The molecule has 0 aliphatic carbocycles. The Kier molecular flexibility index (Phi) is 7.37. The lowest BCUT2D eigenvalue weighted by atomic mass is 10.1. The van der Waals surface area contributed by atoms with Crippen molar-refractivity contribution in [3.63, 3.8) is 0 Å². The Morgan fingerprint density at radius 3 is 2.43 bits per heavy atom. The molecule has 182 valence electrons. The van der Waals surface area contributed by atoms with E-state index in [1.165, 1.54) is 36.1 Å². The Morgan fingerprint density at radius 1 is 1.06 bits per heavy atom. The third-order valence-corrected chi connectivity index (χ3v) is 8.14. The molecule has 0 saturated carbocycles. The van der Waals surface area contributed by atoms with Crippen molar-refractivity contribution in [1.82, 2.24) is 4.57 Å². The number of carbonyl (C=O) groups excluding carboxylic acids is 1. The molecule has 0 fully saturated rings.